The Morgan fingerprint density at radius 1 is 1.29 bits per heavy atom. The number of morpholine rings is 1. The molecule has 24 heavy (non-hydrogen) atoms. The number of halogens is 2. The highest BCUT2D eigenvalue weighted by Crippen LogP contribution is 2.14. The van der Waals surface area contributed by atoms with Gasteiger partial charge in [-0.05, 0) is 30.7 Å². The summed E-state index contributed by atoms with van der Waals surface area (Å²) in [4.78, 5) is 6.71. The van der Waals surface area contributed by atoms with Gasteiger partial charge in [0, 0.05) is 31.2 Å². The van der Waals surface area contributed by atoms with Gasteiger partial charge in [-0.15, -0.1) is 24.0 Å². The summed E-state index contributed by atoms with van der Waals surface area (Å²) < 4.78 is 10.9. The van der Waals surface area contributed by atoms with Gasteiger partial charge in [-0.2, -0.15) is 0 Å². The third kappa shape index (κ3) is 8.91. The number of nitrogens with two attached hydrogens (primary N) is 1. The Balaban J connectivity index is 0.00000288. The molecule has 8 heteroatoms. The third-order valence-corrected chi connectivity index (χ3v) is 3.76. The van der Waals surface area contributed by atoms with Gasteiger partial charge in [-0.3, -0.25) is 9.89 Å². The smallest absolute Gasteiger partial charge is 0.188 e. The summed E-state index contributed by atoms with van der Waals surface area (Å²) in [6.07, 6.45) is 1.00. The van der Waals surface area contributed by atoms with E-state index in [0.717, 1.165) is 51.6 Å². The normalized spacial score (nSPS) is 15.6. The maximum absolute atomic E-state index is 5.82. The largest absolute Gasteiger partial charge is 0.492 e. The maximum Gasteiger partial charge on any atom is 0.188 e. The van der Waals surface area contributed by atoms with Crippen LogP contribution >= 0.6 is 35.6 Å². The Kier molecular flexibility index (Phi) is 11.1. The number of nitrogens with zero attached hydrogens (tertiary/aromatic N) is 2. The van der Waals surface area contributed by atoms with Gasteiger partial charge in [0.1, 0.15) is 12.4 Å². The van der Waals surface area contributed by atoms with Crippen LogP contribution < -0.4 is 15.8 Å². The van der Waals surface area contributed by atoms with Crippen molar-refractivity contribution in [2.24, 2.45) is 10.7 Å². The van der Waals surface area contributed by atoms with Gasteiger partial charge in [0.05, 0.1) is 19.8 Å². The average Bonchev–Trinajstić information content (AvgIpc) is 2.58. The van der Waals surface area contributed by atoms with E-state index < -0.39 is 0 Å². The molecule has 6 nitrogen and oxygen atoms in total. The van der Waals surface area contributed by atoms with Gasteiger partial charge in [0.2, 0.25) is 0 Å². The van der Waals surface area contributed by atoms with Crippen molar-refractivity contribution in [1.29, 1.82) is 0 Å². The van der Waals surface area contributed by atoms with Crippen LogP contribution in [0, 0.1) is 0 Å². The molecule has 1 heterocycles. The number of benzene rings is 1. The molecule has 1 aromatic rings. The van der Waals surface area contributed by atoms with Crippen molar-refractivity contribution in [3.8, 4) is 5.75 Å². The molecule has 0 saturated carbocycles. The van der Waals surface area contributed by atoms with Gasteiger partial charge in [0.25, 0.3) is 0 Å². The highest BCUT2D eigenvalue weighted by atomic mass is 127. The standard InChI is InChI=1S/C16H25ClN4O2.HI/c17-14-2-4-15(5-3-14)23-11-7-20-16(18)19-6-1-8-21-9-12-22-13-10-21;/h2-5H,1,6-13H2,(H3,18,19,20);1H. The number of ether oxygens (including phenoxy) is 2. The monoisotopic (exact) mass is 468 g/mol. The minimum atomic E-state index is 0. The van der Waals surface area contributed by atoms with Crippen LogP contribution in [0.15, 0.2) is 29.3 Å². The maximum atomic E-state index is 5.82. The van der Waals surface area contributed by atoms with Gasteiger partial charge in [-0.1, -0.05) is 11.6 Å². The number of rotatable bonds is 8. The predicted molar refractivity (Wildman–Crippen MR) is 109 cm³/mol. The van der Waals surface area contributed by atoms with Gasteiger partial charge in [0.15, 0.2) is 5.96 Å². The lowest BCUT2D eigenvalue weighted by atomic mass is 10.3. The van der Waals surface area contributed by atoms with Crippen LogP contribution in [0.1, 0.15) is 6.42 Å². The fourth-order valence-corrected chi connectivity index (χ4v) is 2.38. The van der Waals surface area contributed by atoms with Crippen LogP contribution in [0.3, 0.4) is 0 Å². The minimum absolute atomic E-state index is 0. The van der Waals surface area contributed by atoms with Crippen molar-refractivity contribution < 1.29 is 9.47 Å². The zero-order chi connectivity index (χ0) is 16.3. The first kappa shape index (κ1) is 21.3. The molecular formula is C16H26ClIN4O2. The SMILES string of the molecule is I.NC(=NCCCN1CCOCC1)NCCOc1ccc(Cl)cc1. The molecule has 1 fully saturated rings. The first-order valence-electron chi connectivity index (χ1n) is 7.96. The molecule has 0 radical (unpaired) electrons. The predicted octanol–water partition coefficient (Wildman–Crippen LogP) is 1.96. The molecular weight excluding hydrogens is 443 g/mol. The van der Waals surface area contributed by atoms with E-state index in [4.69, 9.17) is 26.8 Å². The molecule has 3 N–H and O–H groups in total. The van der Waals surface area contributed by atoms with Crippen molar-refractivity contribution in [1.82, 2.24) is 10.2 Å². The zero-order valence-corrected chi connectivity index (χ0v) is 16.8. The number of guanidine groups is 1. The van der Waals surface area contributed by atoms with Gasteiger partial charge < -0.3 is 20.5 Å². The zero-order valence-electron chi connectivity index (χ0n) is 13.7. The van der Waals surface area contributed by atoms with E-state index in [-0.39, 0.29) is 24.0 Å². The molecule has 2 rings (SSSR count). The molecule has 1 saturated heterocycles. The van der Waals surface area contributed by atoms with Crippen molar-refractivity contribution in [3.63, 3.8) is 0 Å². The lowest BCUT2D eigenvalue weighted by Gasteiger charge is -2.26. The summed E-state index contributed by atoms with van der Waals surface area (Å²) in [5, 5.41) is 3.74. The Hall–Kier alpha value is -0.770. The molecule has 0 spiro atoms. The van der Waals surface area contributed by atoms with E-state index in [1.165, 1.54) is 0 Å². The lowest BCUT2D eigenvalue weighted by Crippen LogP contribution is -2.37. The fraction of sp³-hybridized carbons (Fsp3) is 0.562. The molecule has 0 unspecified atom stereocenters. The van der Waals surface area contributed by atoms with Crippen LogP contribution in [0.2, 0.25) is 5.02 Å². The van der Waals surface area contributed by atoms with E-state index >= 15 is 0 Å². The molecule has 0 amide bonds. The second-order valence-electron chi connectivity index (χ2n) is 5.30. The van der Waals surface area contributed by atoms with E-state index in [1.54, 1.807) is 12.1 Å². The van der Waals surface area contributed by atoms with E-state index in [2.05, 4.69) is 15.2 Å². The topological polar surface area (TPSA) is 72.1 Å². The molecule has 1 aliphatic rings. The van der Waals surface area contributed by atoms with Crippen LogP contribution in [0.4, 0.5) is 0 Å². The molecule has 0 bridgehead atoms. The van der Waals surface area contributed by atoms with Crippen molar-refractivity contribution in [2.75, 3.05) is 52.5 Å². The second kappa shape index (κ2) is 12.6. The Morgan fingerprint density at radius 3 is 2.71 bits per heavy atom. The summed E-state index contributed by atoms with van der Waals surface area (Å²) >= 11 is 5.82. The third-order valence-electron chi connectivity index (χ3n) is 3.51. The van der Waals surface area contributed by atoms with E-state index in [0.29, 0.717) is 24.1 Å². The minimum Gasteiger partial charge on any atom is -0.492 e. The summed E-state index contributed by atoms with van der Waals surface area (Å²) in [7, 11) is 0. The quantitative estimate of drug-likeness (QED) is 0.264. The molecule has 0 atom stereocenters. The van der Waals surface area contributed by atoms with Crippen LogP contribution in [-0.4, -0.2) is 63.4 Å². The molecule has 1 aliphatic heterocycles. The second-order valence-corrected chi connectivity index (χ2v) is 5.74. The van der Waals surface area contributed by atoms with Crippen molar-refractivity contribution in [2.45, 2.75) is 6.42 Å². The van der Waals surface area contributed by atoms with Crippen molar-refractivity contribution in [3.05, 3.63) is 29.3 Å². The van der Waals surface area contributed by atoms with Crippen LogP contribution in [-0.2, 0) is 4.74 Å². The highest BCUT2D eigenvalue weighted by Gasteiger charge is 2.08. The first-order valence-corrected chi connectivity index (χ1v) is 8.34. The molecule has 1 aromatic carbocycles. The van der Waals surface area contributed by atoms with E-state index in [1.807, 2.05) is 12.1 Å². The molecule has 136 valence electrons. The number of nitrogens with one attached hydrogen (secondary N) is 1. The van der Waals surface area contributed by atoms with E-state index in [9.17, 15) is 0 Å². The highest BCUT2D eigenvalue weighted by molar-refractivity contribution is 14.0. The summed E-state index contributed by atoms with van der Waals surface area (Å²) in [6, 6.07) is 7.28. The van der Waals surface area contributed by atoms with Crippen LogP contribution in [0.25, 0.3) is 0 Å². The lowest BCUT2D eigenvalue weighted by molar-refractivity contribution is 0.0377. The molecule has 0 aromatic heterocycles. The molecule has 0 aliphatic carbocycles. The summed E-state index contributed by atoms with van der Waals surface area (Å²) in [5.41, 5.74) is 5.82. The first-order chi connectivity index (χ1) is 11.2. The fourth-order valence-electron chi connectivity index (χ4n) is 2.25. The summed E-state index contributed by atoms with van der Waals surface area (Å²) in [6.45, 7) is 6.60. The Bertz CT molecular complexity index is 481. The Labute approximate surface area is 165 Å². The summed E-state index contributed by atoms with van der Waals surface area (Å²) in [5.74, 6) is 1.25. The van der Waals surface area contributed by atoms with Crippen molar-refractivity contribution >= 4 is 41.5 Å². The number of hydrogen-bond acceptors (Lipinski definition) is 4. The van der Waals surface area contributed by atoms with Gasteiger partial charge in [-0.25, -0.2) is 0 Å². The average molecular weight is 469 g/mol. The number of aliphatic imine (C=N–C) groups is 1. The van der Waals surface area contributed by atoms with Crippen LogP contribution in [0.5, 0.6) is 5.75 Å². The Morgan fingerprint density at radius 2 is 2.00 bits per heavy atom. The van der Waals surface area contributed by atoms with Gasteiger partial charge >= 0.3 is 0 Å². The number of hydrogen-bond donors (Lipinski definition) is 2.